The van der Waals surface area contributed by atoms with Crippen molar-refractivity contribution in [1.29, 1.82) is 0 Å². The molecule has 1 aromatic carbocycles. The number of pyridine rings is 1. The topological polar surface area (TPSA) is 77.4 Å². The number of hydrogen-bond donors (Lipinski definition) is 2. The number of rotatable bonds is 5. The molecular weight excluding hydrogens is 379 g/mol. The van der Waals surface area contributed by atoms with Crippen LogP contribution in [0.15, 0.2) is 60.2 Å². The zero-order valence-electron chi connectivity index (χ0n) is 17.4. The maximum Gasteiger partial charge on any atom is 0.100 e. The van der Waals surface area contributed by atoms with Gasteiger partial charge in [-0.05, 0) is 66.4 Å². The van der Waals surface area contributed by atoms with Crippen molar-refractivity contribution in [3.8, 4) is 0 Å². The molecule has 1 aliphatic carbocycles. The molecule has 158 valence electrons. The van der Waals surface area contributed by atoms with Gasteiger partial charge in [-0.25, -0.2) is 4.39 Å². The van der Waals surface area contributed by atoms with E-state index in [0.717, 1.165) is 53.5 Å². The molecule has 0 amide bonds. The minimum absolute atomic E-state index is 0.108. The van der Waals surface area contributed by atoms with Crippen LogP contribution in [0.2, 0.25) is 0 Å². The quantitative estimate of drug-likeness (QED) is 0.780. The lowest BCUT2D eigenvalue weighted by atomic mass is 9.89. The summed E-state index contributed by atoms with van der Waals surface area (Å²) in [5.74, 6) is -0.108. The first kappa shape index (κ1) is 20.6. The van der Waals surface area contributed by atoms with Gasteiger partial charge in [-0.2, -0.15) is 0 Å². The number of allylic oxidation sites excluding steroid dienone is 3. The number of hydrogen-bond acceptors (Lipinski definition) is 5. The molecule has 0 bridgehead atoms. The van der Waals surface area contributed by atoms with Crippen LogP contribution in [0.1, 0.15) is 31.2 Å². The van der Waals surface area contributed by atoms with Gasteiger partial charge in [0.15, 0.2) is 0 Å². The average Bonchev–Trinajstić information content (AvgIpc) is 2.79. The lowest BCUT2D eigenvalue weighted by molar-refractivity contribution is 0.0819. The van der Waals surface area contributed by atoms with E-state index in [9.17, 15) is 4.39 Å². The Kier molecular flexibility index (Phi) is 6.16. The van der Waals surface area contributed by atoms with Crippen molar-refractivity contribution in [3.05, 3.63) is 65.8 Å². The van der Waals surface area contributed by atoms with Gasteiger partial charge >= 0.3 is 0 Å². The number of methoxy groups -OCH3 is 1. The number of anilines is 1. The Morgan fingerprint density at radius 1 is 1.23 bits per heavy atom. The first-order valence-corrected chi connectivity index (χ1v) is 10.5. The third-order valence-electron chi connectivity index (χ3n) is 6.21. The number of aromatic nitrogens is 1. The third-order valence-corrected chi connectivity index (χ3v) is 6.21. The highest BCUT2D eigenvalue weighted by Gasteiger charge is 2.22. The molecule has 2 aromatic rings. The number of fused-ring (bicyclic) bond motifs is 1. The van der Waals surface area contributed by atoms with Gasteiger partial charge in [-0.3, -0.25) is 4.98 Å². The molecule has 1 aliphatic heterocycles. The van der Waals surface area contributed by atoms with E-state index >= 15 is 0 Å². The fraction of sp³-hybridized carbons (Fsp3) is 0.375. The molecule has 30 heavy (non-hydrogen) atoms. The average molecular weight is 409 g/mol. The predicted molar refractivity (Wildman–Crippen MR) is 121 cm³/mol. The van der Waals surface area contributed by atoms with Crippen molar-refractivity contribution < 1.29 is 9.13 Å². The van der Waals surface area contributed by atoms with E-state index in [1.807, 2.05) is 18.3 Å². The highest BCUT2D eigenvalue weighted by atomic mass is 19.1. The molecule has 0 radical (unpaired) electrons. The second kappa shape index (κ2) is 8.98. The molecule has 1 atom stereocenters. The summed E-state index contributed by atoms with van der Waals surface area (Å²) in [5, 5.41) is 1.08. The second-order valence-electron chi connectivity index (χ2n) is 7.94. The Bertz CT molecular complexity index is 1010. The molecule has 4 N–H and O–H groups in total. The monoisotopic (exact) mass is 408 g/mol. The SMILES string of the molecule is COC1CCN(c2ccnc3ccc(/C(=C/N)C(N)C4=CC=C(F)CC4)cc23)CC1. The summed E-state index contributed by atoms with van der Waals surface area (Å²) in [6, 6.07) is 7.85. The van der Waals surface area contributed by atoms with E-state index in [-0.39, 0.29) is 11.9 Å². The van der Waals surface area contributed by atoms with Crippen LogP contribution in [0.4, 0.5) is 10.1 Å². The number of nitrogens with two attached hydrogens (primary N) is 2. The number of ether oxygens (including phenoxy) is 1. The molecule has 1 fully saturated rings. The van der Waals surface area contributed by atoms with Crippen LogP contribution in [-0.4, -0.2) is 37.3 Å². The van der Waals surface area contributed by atoms with Crippen molar-refractivity contribution >= 4 is 22.2 Å². The minimum atomic E-state index is -0.366. The van der Waals surface area contributed by atoms with Gasteiger partial charge in [0.05, 0.1) is 17.7 Å². The van der Waals surface area contributed by atoms with Crippen LogP contribution in [-0.2, 0) is 4.74 Å². The summed E-state index contributed by atoms with van der Waals surface area (Å²) >= 11 is 0. The number of piperidine rings is 1. The Labute approximate surface area is 176 Å². The van der Waals surface area contributed by atoms with Gasteiger partial charge in [-0.1, -0.05) is 12.1 Å². The Hall–Kier alpha value is -2.70. The van der Waals surface area contributed by atoms with Crippen LogP contribution in [0.25, 0.3) is 16.5 Å². The van der Waals surface area contributed by atoms with Gasteiger partial charge in [-0.15, -0.1) is 0 Å². The summed E-state index contributed by atoms with van der Waals surface area (Å²) in [5.41, 5.74) is 17.4. The number of nitrogens with zero attached hydrogens (tertiary/aromatic N) is 2. The number of benzene rings is 1. The maximum atomic E-state index is 13.4. The molecule has 2 heterocycles. The molecule has 0 saturated carbocycles. The van der Waals surface area contributed by atoms with Crippen molar-refractivity contribution in [2.75, 3.05) is 25.1 Å². The van der Waals surface area contributed by atoms with Gasteiger partial charge in [0.2, 0.25) is 0 Å². The largest absolute Gasteiger partial charge is 0.404 e. The van der Waals surface area contributed by atoms with Crippen LogP contribution < -0.4 is 16.4 Å². The van der Waals surface area contributed by atoms with E-state index in [0.29, 0.717) is 18.9 Å². The molecule has 6 heteroatoms. The summed E-state index contributed by atoms with van der Waals surface area (Å²) in [6.07, 6.45) is 10.1. The molecule has 2 aliphatic rings. The van der Waals surface area contributed by atoms with Gasteiger partial charge < -0.3 is 21.1 Å². The second-order valence-corrected chi connectivity index (χ2v) is 7.94. The highest BCUT2D eigenvalue weighted by molar-refractivity contribution is 5.94. The summed E-state index contributed by atoms with van der Waals surface area (Å²) in [4.78, 5) is 6.94. The molecule has 5 nitrogen and oxygen atoms in total. The maximum absolute atomic E-state index is 13.4. The van der Waals surface area contributed by atoms with Crippen molar-refractivity contribution in [3.63, 3.8) is 0 Å². The van der Waals surface area contributed by atoms with Crippen LogP contribution in [0.5, 0.6) is 0 Å². The Morgan fingerprint density at radius 3 is 2.70 bits per heavy atom. The van der Waals surface area contributed by atoms with Crippen LogP contribution in [0, 0.1) is 0 Å². The van der Waals surface area contributed by atoms with Gasteiger partial charge in [0.25, 0.3) is 0 Å². The predicted octanol–water partition coefficient (Wildman–Crippen LogP) is 4.05. The summed E-state index contributed by atoms with van der Waals surface area (Å²) in [6.45, 7) is 1.90. The minimum Gasteiger partial charge on any atom is -0.404 e. The normalized spacial score (nSPS) is 19.6. The molecule has 1 aromatic heterocycles. The molecular formula is C24H29FN4O. The fourth-order valence-electron chi connectivity index (χ4n) is 4.39. The van der Waals surface area contributed by atoms with E-state index in [1.54, 1.807) is 19.4 Å². The first-order valence-electron chi connectivity index (χ1n) is 10.5. The van der Waals surface area contributed by atoms with E-state index < -0.39 is 0 Å². The van der Waals surface area contributed by atoms with Crippen LogP contribution >= 0.6 is 0 Å². The molecule has 1 saturated heterocycles. The van der Waals surface area contributed by atoms with Crippen LogP contribution in [0.3, 0.4) is 0 Å². The fourth-order valence-corrected chi connectivity index (χ4v) is 4.39. The molecule has 4 rings (SSSR count). The van der Waals surface area contributed by atoms with Gasteiger partial charge in [0.1, 0.15) is 5.83 Å². The van der Waals surface area contributed by atoms with Crippen molar-refractivity contribution in [2.45, 2.75) is 37.8 Å². The van der Waals surface area contributed by atoms with E-state index in [4.69, 9.17) is 16.2 Å². The lowest BCUT2D eigenvalue weighted by Gasteiger charge is -2.33. The lowest BCUT2D eigenvalue weighted by Crippen LogP contribution is -2.36. The zero-order valence-corrected chi connectivity index (χ0v) is 17.4. The van der Waals surface area contributed by atoms with E-state index in [1.165, 1.54) is 11.8 Å². The number of halogens is 1. The standard InChI is InChI=1S/C24H29FN4O/c1-30-19-9-12-29(13-10-19)23-8-11-28-22-7-4-17(14-20(22)23)21(15-26)24(27)16-2-5-18(25)6-3-16/h2,4-5,7-8,11,14-15,19,24H,3,6,9-10,12-13,26-27H2,1H3/b21-15-. The van der Waals surface area contributed by atoms with Crippen molar-refractivity contribution in [2.24, 2.45) is 11.5 Å². The zero-order chi connectivity index (χ0) is 21.1. The summed E-state index contributed by atoms with van der Waals surface area (Å²) < 4.78 is 18.9. The van der Waals surface area contributed by atoms with Gasteiger partial charge in [0, 0.05) is 43.9 Å². The molecule has 1 unspecified atom stereocenters. The third kappa shape index (κ3) is 4.11. The highest BCUT2D eigenvalue weighted by Crippen LogP contribution is 2.33. The Balaban J connectivity index is 1.67. The first-order chi connectivity index (χ1) is 14.6. The van der Waals surface area contributed by atoms with E-state index in [2.05, 4.69) is 22.0 Å². The van der Waals surface area contributed by atoms with Crippen molar-refractivity contribution in [1.82, 2.24) is 4.98 Å². The Morgan fingerprint density at radius 2 is 2.03 bits per heavy atom. The summed E-state index contributed by atoms with van der Waals surface area (Å²) in [7, 11) is 1.78. The smallest absolute Gasteiger partial charge is 0.100 e. The molecule has 0 spiro atoms.